The fraction of sp³-hybridized carbons (Fsp3) is 0.381. The van der Waals surface area contributed by atoms with Crippen LogP contribution in [0.25, 0.3) is 22.6 Å². The predicted molar refractivity (Wildman–Crippen MR) is 103 cm³/mol. The summed E-state index contributed by atoms with van der Waals surface area (Å²) in [5.74, 6) is 1.49. The van der Waals surface area contributed by atoms with Crippen LogP contribution >= 0.6 is 0 Å². The van der Waals surface area contributed by atoms with Gasteiger partial charge in [0.2, 0.25) is 5.89 Å². The first-order valence-electron chi connectivity index (χ1n) is 9.28. The van der Waals surface area contributed by atoms with Crippen molar-refractivity contribution in [3.05, 3.63) is 48.5 Å². The van der Waals surface area contributed by atoms with Crippen molar-refractivity contribution in [1.29, 1.82) is 0 Å². The largest absolute Gasteiger partial charge is 0.493 e. The molecule has 0 aliphatic carbocycles. The Balaban J connectivity index is 1.33. The van der Waals surface area contributed by atoms with Gasteiger partial charge in [-0.05, 0) is 37.7 Å². The maximum absolute atomic E-state index is 5.92. The molecule has 0 N–H and O–H groups in total. The van der Waals surface area contributed by atoms with E-state index in [0.29, 0.717) is 5.89 Å². The molecule has 2 heterocycles. The average Bonchev–Trinajstić information content (AvgIpc) is 3.11. The van der Waals surface area contributed by atoms with E-state index in [4.69, 9.17) is 9.15 Å². The fourth-order valence-corrected chi connectivity index (χ4v) is 3.25. The summed E-state index contributed by atoms with van der Waals surface area (Å²) in [7, 11) is 2.18. The summed E-state index contributed by atoms with van der Waals surface area (Å²) in [5.41, 5.74) is 2.60. The number of likely N-dealkylation sites (N-methyl/N-ethyl adjacent to an activating group) is 1. The molecule has 26 heavy (non-hydrogen) atoms. The zero-order chi connectivity index (χ0) is 17.8. The number of fused-ring (bicyclic) bond motifs is 1. The molecule has 5 nitrogen and oxygen atoms in total. The first-order valence-corrected chi connectivity index (χ1v) is 9.28. The molecule has 3 aromatic rings. The number of aromatic nitrogens is 1. The summed E-state index contributed by atoms with van der Waals surface area (Å²) < 4.78 is 11.8. The standard InChI is InChI=1S/C21H25N3O2/c1-23-11-13-24(14-12-23)10-5-15-25-18-8-9-19-20(16-18)26-21(22-19)17-6-3-2-4-7-17/h2-4,6-9,16H,5,10-15H2,1H3. The number of benzene rings is 2. The van der Waals surface area contributed by atoms with Crippen molar-refractivity contribution in [2.24, 2.45) is 0 Å². The lowest BCUT2D eigenvalue weighted by molar-refractivity contribution is 0.145. The lowest BCUT2D eigenvalue weighted by Gasteiger charge is -2.32. The molecule has 5 heteroatoms. The number of oxazole rings is 1. The van der Waals surface area contributed by atoms with Crippen LogP contribution < -0.4 is 4.74 Å². The Morgan fingerprint density at radius 2 is 1.85 bits per heavy atom. The van der Waals surface area contributed by atoms with Gasteiger partial charge in [-0.1, -0.05) is 18.2 Å². The van der Waals surface area contributed by atoms with Crippen LogP contribution in [0.4, 0.5) is 0 Å². The molecule has 0 saturated carbocycles. The van der Waals surface area contributed by atoms with Crippen molar-refractivity contribution in [2.45, 2.75) is 6.42 Å². The second-order valence-corrected chi connectivity index (χ2v) is 6.86. The van der Waals surface area contributed by atoms with Gasteiger partial charge in [0.15, 0.2) is 5.58 Å². The highest BCUT2D eigenvalue weighted by Crippen LogP contribution is 2.27. The number of hydrogen-bond donors (Lipinski definition) is 0. The molecule has 1 aliphatic rings. The zero-order valence-electron chi connectivity index (χ0n) is 15.2. The molecule has 1 aromatic heterocycles. The monoisotopic (exact) mass is 351 g/mol. The number of ether oxygens (including phenoxy) is 1. The molecule has 0 bridgehead atoms. The Labute approximate surface area is 154 Å². The average molecular weight is 351 g/mol. The van der Waals surface area contributed by atoms with Gasteiger partial charge >= 0.3 is 0 Å². The molecule has 0 unspecified atom stereocenters. The normalized spacial score (nSPS) is 16.2. The van der Waals surface area contributed by atoms with Gasteiger partial charge in [-0.2, -0.15) is 0 Å². The Kier molecular flexibility index (Phi) is 5.18. The third-order valence-electron chi connectivity index (χ3n) is 4.86. The van der Waals surface area contributed by atoms with Gasteiger partial charge < -0.3 is 19.0 Å². The van der Waals surface area contributed by atoms with Crippen LogP contribution in [-0.4, -0.2) is 61.2 Å². The lowest BCUT2D eigenvalue weighted by Crippen LogP contribution is -2.44. The highest BCUT2D eigenvalue weighted by atomic mass is 16.5. The van der Waals surface area contributed by atoms with Crippen LogP contribution in [0.15, 0.2) is 52.9 Å². The molecule has 2 aromatic carbocycles. The Morgan fingerprint density at radius 3 is 2.65 bits per heavy atom. The van der Waals surface area contributed by atoms with Crippen molar-refractivity contribution in [3.8, 4) is 17.2 Å². The summed E-state index contributed by atoms with van der Waals surface area (Å²) >= 11 is 0. The van der Waals surface area contributed by atoms with Crippen LogP contribution in [-0.2, 0) is 0 Å². The minimum Gasteiger partial charge on any atom is -0.493 e. The topological polar surface area (TPSA) is 41.7 Å². The summed E-state index contributed by atoms with van der Waals surface area (Å²) in [4.78, 5) is 9.44. The highest BCUT2D eigenvalue weighted by Gasteiger charge is 2.13. The van der Waals surface area contributed by atoms with Crippen molar-refractivity contribution < 1.29 is 9.15 Å². The Hall–Kier alpha value is -2.37. The number of hydrogen-bond acceptors (Lipinski definition) is 5. The van der Waals surface area contributed by atoms with E-state index in [9.17, 15) is 0 Å². The first kappa shape index (κ1) is 17.1. The van der Waals surface area contributed by atoms with Crippen LogP contribution in [0, 0.1) is 0 Å². The molecule has 0 amide bonds. The molecule has 136 valence electrons. The zero-order valence-corrected chi connectivity index (χ0v) is 15.2. The molecule has 1 saturated heterocycles. The maximum Gasteiger partial charge on any atom is 0.227 e. The quantitative estimate of drug-likeness (QED) is 0.636. The van der Waals surface area contributed by atoms with E-state index in [1.807, 2.05) is 48.5 Å². The number of rotatable bonds is 6. The number of nitrogens with zero attached hydrogens (tertiary/aromatic N) is 3. The number of piperazine rings is 1. The molecule has 0 radical (unpaired) electrons. The van der Waals surface area contributed by atoms with Gasteiger partial charge in [0.1, 0.15) is 11.3 Å². The van der Waals surface area contributed by atoms with Crippen LogP contribution in [0.2, 0.25) is 0 Å². The summed E-state index contributed by atoms with van der Waals surface area (Å²) in [6.45, 7) is 6.44. The predicted octanol–water partition coefficient (Wildman–Crippen LogP) is 3.51. The first-order chi connectivity index (χ1) is 12.8. The van der Waals surface area contributed by atoms with Crippen LogP contribution in [0.3, 0.4) is 0 Å². The van der Waals surface area contributed by atoms with E-state index >= 15 is 0 Å². The molecular weight excluding hydrogens is 326 g/mol. The van der Waals surface area contributed by atoms with Crippen molar-refractivity contribution in [3.63, 3.8) is 0 Å². The van der Waals surface area contributed by atoms with Gasteiger partial charge in [-0.3, -0.25) is 0 Å². The molecule has 0 atom stereocenters. The van der Waals surface area contributed by atoms with E-state index in [-0.39, 0.29) is 0 Å². The Morgan fingerprint density at radius 1 is 1.04 bits per heavy atom. The van der Waals surface area contributed by atoms with Gasteiger partial charge in [-0.15, -0.1) is 0 Å². The Bertz CT molecular complexity index is 839. The molecule has 1 aliphatic heterocycles. The minimum atomic E-state index is 0.646. The van der Waals surface area contributed by atoms with Gasteiger partial charge in [0, 0.05) is 44.4 Å². The lowest BCUT2D eigenvalue weighted by atomic mass is 10.2. The van der Waals surface area contributed by atoms with Gasteiger partial charge in [0.05, 0.1) is 6.61 Å². The smallest absolute Gasteiger partial charge is 0.227 e. The second-order valence-electron chi connectivity index (χ2n) is 6.86. The summed E-state index contributed by atoms with van der Waals surface area (Å²) in [6, 6.07) is 15.8. The second kappa shape index (κ2) is 7.89. The SMILES string of the molecule is CN1CCN(CCCOc2ccc3nc(-c4ccccc4)oc3c2)CC1. The molecular formula is C21H25N3O2. The van der Waals surface area contributed by atoms with Crippen molar-refractivity contribution in [2.75, 3.05) is 46.4 Å². The van der Waals surface area contributed by atoms with Crippen molar-refractivity contribution >= 4 is 11.1 Å². The summed E-state index contributed by atoms with van der Waals surface area (Å²) in [6.07, 6.45) is 1.04. The summed E-state index contributed by atoms with van der Waals surface area (Å²) in [5, 5.41) is 0. The molecule has 0 spiro atoms. The van der Waals surface area contributed by atoms with Gasteiger partial charge in [-0.25, -0.2) is 4.98 Å². The van der Waals surface area contributed by atoms with E-state index in [1.54, 1.807) is 0 Å². The van der Waals surface area contributed by atoms with Gasteiger partial charge in [0.25, 0.3) is 0 Å². The van der Waals surface area contributed by atoms with E-state index in [0.717, 1.165) is 68.2 Å². The van der Waals surface area contributed by atoms with E-state index < -0.39 is 0 Å². The molecule has 1 fully saturated rings. The van der Waals surface area contributed by atoms with Crippen LogP contribution in [0.1, 0.15) is 6.42 Å². The third kappa shape index (κ3) is 4.06. The fourth-order valence-electron chi connectivity index (χ4n) is 3.25. The maximum atomic E-state index is 5.92. The van der Waals surface area contributed by atoms with E-state index in [1.165, 1.54) is 0 Å². The van der Waals surface area contributed by atoms with Crippen LogP contribution in [0.5, 0.6) is 5.75 Å². The molecule has 4 rings (SSSR count). The van der Waals surface area contributed by atoms with Crippen molar-refractivity contribution in [1.82, 2.24) is 14.8 Å². The highest BCUT2D eigenvalue weighted by molar-refractivity contribution is 5.77. The minimum absolute atomic E-state index is 0.646. The van der Waals surface area contributed by atoms with E-state index in [2.05, 4.69) is 21.8 Å². The third-order valence-corrected chi connectivity index (χ3v) is 4.86.